The molecular weight excluding hydrogens is 346 g/mol. The van der Waals surface area contributed by atoms with Gasteiger partial charge in [0.05, 0.1) is 12.9 Å². The van der Waals surface area contributed by atoms with Crippen LogP contribution in [0.4, 0.5) is 5.82 Å². The molecule has 0 radical (unpaired) electrons. The molecule has 2 aromatic rings. The maximum Gasteiger partial charge on any atom is 0.239 e. The summed E-state index contributed by atoms with van der Waals surface area (Å²) >= 11 is 0. The second-order valence-electron chi connectivity index (χ2n) is 5.90. The van der Waals surface area contributed by atoms with Crippen molar-refractivity contribution in [3.8, 4) is 0 Å². The van der Waals surface area contributed by atoms with Crippen LogP contribution in [0.2, 0.25) is 0 Å². The van der Waals surface area contributed by atoms with Gasteiger partial charge in [-0.25, -0.2) is 15.0 Å². The van der Waals surface area contributed by atoms with E-state index in [1.165, 1.54) is 17.2 Å². The van der Waals surface area contributed by atoms with Gasteiger partial charge in [0.1, 0.15) is 36.2 Å². The van der Waals surface area contributed by atoms with E-state index in [1.54, 1.807) is 7.05 Å². The molecule has 7 N–H and O–H groups in total. The molecule has 0 aromatic carbocycles. The van der Waals surface area contributed by atoms with Crippen molar-refractivity contribution in [2.45, 2.75) is 30.6 Å². The molecule has 1 aliphatic heterocycles. The van der Waals surface area contributed by atoms with Crippen molar-refractivity contribution < 1.29 is 24.9 Å². The number of nitrogens with one attached hydrogen (secondary N) is 2. The summed E-state index contributed by atoms with van der Waals surface area (Å²) in [6.07, 6.45) is -1.66. The Morgan fingerprint density at radius 2 is 2.15 bits per heavy atom. The molecule has 1 saturated heterocycles. The van der Waals surface area contributed by atoms with Crippen LogP contribution in [-0.4, -0.2) is 85.3 Å². The van der Waals surface area contributed by atoms with Crippen LogP contribution in [-0.2, 0) is 9.53 Å². The van der Waals surface area contributed by atoms with Gasteiger partial charge in [-0.1, -0.05) is 0 Å². The Morgan fingerprint density at radius 3 is 2.85 bits per heavy atom. The van der Waals surface area contributed by atoms with E-state index in [2.05, 4.69) is 25.6 Å². The standard InChI is InChI=1S/C14H21N7O5/c1-16-6(3-22)13(25)17-2-7-9(23)10(24)14(26-7)21-5-20-8-11(15)18-4-19-12(8)21/h4-7,9-10,14,16,22-24H,2-3H2,1H3,(H,17,25)(H2,15,18,19)/t6-,7+,9+,10+,14+/m0/s1. The Kier molecular flexibility index (Phi) is 5.29. The first-order valence-corrected chi connectivity index (χ1v) is 7.98. The smallest absolute Gasteiger partial charge is 0.239 e. The van der Waals surface area contributed by atoms with Crippen LogP contribution < -0.4 is 16.4 Å². The maximum absolute atomic E-state index is 11.9. The zero-order valence-corrected chi connectivity index (χ0v) is 14.0. The number of imidazole rings is 1. The van der Waals surface area contributed by atoms with Gasteiger partial charge in [0.15, 0.2) is 17.7 Å². The van der Waals surface area contributed by atoms with Crippen LogP contribution >= 0.6 is 0 Å². The van der Waals surface area contributed by atoms with Crippen LogP contribution in [0.25, 0.3) is 11.2 Å². The van der Waals surface area contributed by atoms with Gasteiger partial charge in [-0.3, -0.25) is 9.36 Å². The molecule has 26 heavy (non-hydrogen) atoms. The number of aliphatic hydroxyl groups is 3. The number of nitrogens with two attached hydrogens (primary N) is 1. The molecule has 12 nitrogen and oxygen atoms in total. The number of amides is 1. The third-order valence-electron chi connectivity index (χ3n) is 4.32. The fourth-order valence-electron chi connectivity index (χ4n) is 2.81. The van der Waals surface area contributed by atoms with E-state index in [0.717, 1.165) is 0 Å². The van der Waals surface area contributed by atoms with E-state index in [1.807, 2.05) is 0 Å². The number of aliphatic hydroxyl groups excluding tert-OH is 3. The summed E-state index contributed by atoms with van der Waals surface area (Å²) in [5.41, 5.74) is 6.45. The number of likely N-dealkylation sites (N-methyl/N-ethyl adjacent to an activating group) is 1. The largest absolute Gasteiger partial charge is 0.394 e. The first-order valence-electron chi connectivity index (χ1n) is 7.98. The van der Waals surface area contributed by atoms with Gasteiger partial charge >= 0.3 is 0 Å². The minimum atomic E-state index is -1.26. The van der Waals surface area contributed by atoms with Crippen LogP contribution in [0.1, 0.15) is 6.23 Å². The maximum atomic E-state index is 11.9. The van der Waals surface area contributed by atoms with Crippen LogP contribution in [0.3, 0.4) is 0 Å². The molecule has 3 rings (SSSR count). The van der Waals surface area contributed by atoms with Crippen molar-refractivity contribution in [2.75, 3.05) is 25.9 Å². The lowest BCUT2D eigenvalue weighted by Gasteiger charge is -2.18. The topological polar surface area (TPSA) is 181 Å². The number of fused-ring (bicyclic) bond motifs is 1. The number of hydrogen-bond acceptors (Lipinski definition) is 10. The minimum Gasteiger partial charge on any atom is -0.394 e. The summed E-state index contributed by atoms with van der Waals surface area (Å²) < 4.78 is 7.15. The Bertz CT molecular complexity index is 780. The highest BCUT2D eigenvalue weighted by atomic mass is 16.6. The number of ether oxygens (including phenoxy) is 1. The Morgan fingerprint density at radius 1 is 1.38 bits per heavy atom. The van der Waals surface area contributed by atoms with Crippen molar-refractivity contribution in [3.63, 3.8) is 0 Å². The van der Waals surface area contributed by atoms with Crippen LogP contribution in [0.15, 0.2) is 12.7 Å². The Hall–Kier alpha value is -2.38. The lowest BCUT2D eigenvalue weighted by Crippen LogP contribution is -2.48. The molecule has 1 amide bonds. The number of hydrogen-bond donors (Lipinski definition) is 6. The quantitative estimate of drug-likeness (QED) is 0.303. The summed E-state index contributed by atoms with van der Waals surface area (Å²) in [5.74, 6) is -0.259. The van der Waals surface area contributed by atoms with Crippen molar-refractivity contribution in [3.05, 3.63) is 12.7 Å². The summed E-state index contributed by atoms with van der Waals surface area (Å²) in [4.78, 5) is 23.9. The van der Waals surface area contributed by atoms with Crippen molar-refractivity contribution in [2.24, 2.45) is 0 Å². The lowest BCUT2D eigenvalue weighted by molar-refractivity contribution is -0.125. The van der Waals surface area contributed by atoms with Gasteiger partial charge in [-0.15, -0.1) is 0 Å². The summed E-state index contributed by atoms with van der Waals surface area (Å²) in [5, 5.41) is 34.9. The van der Waals surface area contributed by atoms with Gasteiger partial charge in [-0.05, 0) is 7.05 Å². The predicted molar refractivity (Wildman–Crippen MR) is 88.6 cm³/mol. The molecule has 0 unspecified atom stereocenters. The zero-order valence-electron chi connectivity index (χ0n) is 14.0. The van der Waals surface area contributed by atoms with Gasteiger partial charge in [0, 0.05) is 6.54 Å². The van der Waals surface area contributed by atoms with Crippen molar-refractivity contribution >= 4 is 22.9 Å². The van der Waals surface area contributed by atoms with E-state index < -0.39 is 36.5 Å². The molecule has 1 fully saturated rings. The Balaban J connectivity index is 1.73. The van der Waals surface area contributed by atoms with E-state index >= 15 is 0 Å². The van der Waals surface area contributed by atoms with Crippen LogP contribution in [0.5, 0.6) is 0 Å². The summed E-state index contributed by atoms with van der Waals surface area (Å²) in [6, 6.07) is -0.772. The normalized spacial score (nSPS) is 26.9. The number of anilines is 1. The van der Waals surface area contributed by atoms with Crippen molar-refractivity contribution in [1.29, 1.82) is 0 Å². The highest BCUT2D eigenvalue weighted by Gasteiger charge is 2.44. The molecule has 1 aliphatic rings. The molecule has 0 saturated carbocycles. The monoisotopic (exact) mass is 367 g/mol. The molecule has 0 aliphatic carbocycles. The van der Waals surface area contributed by atoms with E-state index in [0.29, 0.717) is 11.2 Å². The third-order valence-corrected chi connectivity index (χ3v) is 4.32. The highest BCUT2D eigenvalue weighted by molar-refractivity contribution is 5.82. The molecule has 0 spiro atoms. The zero-order chi connectivity index (χ0) is 18.8. The molecule has 142 valence electrons. The van der Waals surface area contributed by atoms with Gasteiger partial charge in [-0.2, -0.15) is 0 Å². The average Bonchev–Trinajstić information content (AvgIpc) is 3.18. The number of carbonyl (C=O) groups excluding carboxylic acids is 1. The van der Waals surface area contributed by atoms with E-state index in [-0.39, 0.29) is 19.0 Å². The SMILES string of the molecule is CN[C@@H](CO)C(=O)NC[C@H]1O[C@@H](n2cnc3c(N)ncnc32)[C@H](O)[C@@H]1O. The minimum absolute atomic E-state index is 0.0461. The molecule has 3 heterocycles. The molecule has 0 bridgehead atoms. The number of nitrogen functional groups attached to an aromatic ring is 1. The molecular formula is C14H21N7O5. The fourth-order valence-corrected chi connectivity index (χ4v) is 2.81. The highest BCUT2D eigenvalue weighted by Crippen LogP contribution is 2.31. The van der Waals surface area contributed by atoms with Gasteiger partial charge in [0.25, 0.3) is 0 Å². The van der Waals surface area contributed by atoms with E-state index in [9.17, 15) is 15.0 Å². The van der Waals surface area contributed by atoms with Crippen LogP contribution in [0, 0.1) is 0 Å². The first-order chi connectivity index (χ1) is 12.5. The summed E-state index contributed by atoms with van der Waals surface area (Å²) in [7, 11) is 1.54. The first kappa shape index (κ1) is 18.4. The number of nitrogens with zero attached hydrogens (tertiary/aromatic N) is 4. The molecule has 2 aromatic heterocycles. The third kappa shape index (κ3) is 3.20. The number of rotatable bonds is 6. The summed E-state index contributed by atoms with van der Waals surface area (Å²) in [6.45, 7) is -0.417. The van der Waals surface area contributed by atoms with Crippen molar-refractivity contribution in [1.82, 2.24) is 30.2 Å². The number of carbonyl (C=O) groups is 1. The van der Waals surface area contributed by atoms with E-state index in [4.69, 9.17) is 15.6 Å². The lowest BCUT2D eigenvalue weighted by atomic mass is 10.1. The second-order valence-corrected chi connectivity index (χ2v) is 5.90. The average molecular weight is 367 g/mol. The fraction of sp³-hybridized carbons (Fsp3) is 0.571. The molecule has 5 atom stereocenters. The van der Waals surface area contributed by atoms with Gasteiger partial charge in [0.2, 0.25) is 5.91 Å². The molecule has 12 heteroatoms. The second kappa shape index (κ2) is 7.47. The predicted octanol–water partition coefficient (Wildman–Crippen LogP) is -3.28. The van der Waals surface area contributed by atoms with Gasteiger partial charge < -0.3 is 36.4 Å². The number of aromatic nitrogens is 4. The Labute approximate surface area is 148 Å².